The number of benzene rings is 1. The van der Waals surface area contributed by atoms with Crippen LogP contribution in [0.25, 0.3) is 0 Å². The van der Waals surface area contributed by atoms with Crippen LogP contribution in [0.1, 0.15) is 30.4 Å². The highest BCUT2D eigenvalue weighted by Gasteiger charge is 2.35. The first-order valence-corrected chi connectivity index (χ1v) is 8.71. The highest BCUT2D eigenvalue weighted by atomic mass is 19.4. The first-order valence-electron chi connectivity index (χ1n) is 8.71. The molecule has 2 heterocycles. The minimum Gasteiger partial charge on any atom is -0.378 e. The van der Waals surface area contributed by atoms with Gasteiger partial charge in [0.25, 0.3) is 0 Å². The van der Waals surface area contributed by atoms with Gasteiger partial charge >= 0.3 is 6.18 Å². The quantitative estimate of drug-likeness (QED) is 0.902. The number of alkyl halides is 3. The van der Waals surface area contributed by atoms with Crippen LogP contribution in [0.4, 0.5) is 13.2 Å². The van der Waals surface area contributed by atoms with Gasteiger partial charge in [0.05, 0.1) is 37.3 Å². The first-order chi connectivity index (χ1) is 11.9. The molecule has 2 aliphatic heterocycles. The van der Waals surface area contributed by atoms with Crippen LogP contribution >= 0.6 is 0 Å². The number of piperidine rings is 1. The Bertz CT molecular complexity index is 600. The third-order valence-corrected chi connectivity index (χ3v) is 4.88. The van der Waals surface area contributed by atoms with E-state index in [-0.39, 0.29) is 24.4 Å². The topological polar surface area (TPSA) is 41.6 Å². The van der Waals surface area contributed by atoms with Crippen molar-refractivity contribution in [2.24, 2.45) is 0 Å². The molecule has 2 atom stereocenters. The maximum atomic E-state index is 12.8. The van der Waals surface area contributed by atoms with E-state index in [1.807, 2.05) is 0 Å². The summed E-state index contributed by atoms with van der Waals surface area (Å²) in [4.78, 5) is 14.6. The number of carbonyl (C=O) groups excluding carboxylic acids is 1. The van der Waals surface area contributed by atoms with Crippen LogP contribution in [0.5, 0.6) is 0 Å². The van der Waals surface area contributed by atoms with Crippen molar-refractivity contribution >= 4 is 5.91 Å². The van der Waals surface area contributed by atoms with Gasteiger partial charge in [-0.25, -0.2) is 0 Å². The molecule has 0 saturated carbocycles. The zero-order valence-corrected chi connectivity index (χ0v) is 14.0. The predicted molar refractivity (Wildman–Crippen MR) is 87.1 cm³/mol. The molecule has 0 bridgehead atoms. The molecule has 25 heavy (non-hydrogen) atoms. The number of nitrogens with one attached hydrogen (secondary N) is 1. The highest BCUT2D eigenvalue weighted by molar-refractivity contribution is 5.79. The molecule has 2 fully saturated rings. The molecule has 0 aliphatic carbocycles. The van der Waals surface area contributed by atoms with Gasteiger partial charge < -0.3 is 10.1 Å². The third-order valence-electron chi connectivity index (χ3n) is 4.88. The lowest BCUT2D eigenvalue weighted by atomic mass is 10.0. The Morgan fingerprint density at radius 2 is 1.96 bits per heavy atom. The van der Waals surface area contributed by atoms with E-state index in [2.05, 4.69) is 10.2 Å². The Kier molecular flexibility index (Phi) is 5.64. The summed E-state index contributed by atoms with van der Waals surface area (Å²) in [6, 6.07) is 4.98. The Morgan fingerprint density at radius 3 is 2.68 bits per heavy atom. The molecule has 0 unspecified atom stereocenters. The lowest BCUT2D eigenvalue weighted by Crippen LogP contribution is -2.52. The number of amides is 1. The molecule has 2 saturated heterocycles. The zero-order chi connectivity index (χ0) is 17.9. The van der Waals surface area contributed by atoms with Gasteiger partial charge in [-0.05, 0) is 37.6 Å². The number of hydrogen-bond donors (Lipinski definition) is 1. The van der Waals surface area contributed by atoms with E-state index in [1.165, 1.54) is 12.5 Å². The summed E-state index contributed by atoms with van der Waals surface area (Å²) in [7, 11) is 0. The Hall–Kier alpha value is -1.60. The van der Waals surface area contributed by atoms with E-state index in [1.54, 1.807) is 6.07 Å². The van der Waals surface area contributed by atoms with Gasteiger partial charge in [-0.2, -0.15) is 13.2 Å². The Morgan fingerprint density at radius 1 is 1.20 bits per heavy atom. The predicted octanol–water partition coefficient (Wildman–Crippen LogP) is 2.62. The maximum absolute atomic E-state index is 12.8. The van der Waals surface area contributed by atoms with Crippen molar-refractivity contribution in [2.45, 2.75) is 43.9 Å². The number of likely N-dealkylation sites (tertiary alicyclic amines) is 1. The van der Waals surface area contributed by atoms with Crippen molar-refractivity contribution in [3.05, 3.63) is 35.4 Å². The molecule has 3 rings (SSSR count). The molecule has 0 radical (unpaired) electrons. The number of nitrogens with zero attached hydrogens (tertiary/aromatic N) is 1. The van der Waals surface area contributed by atoms with Crippen LogP contribution in [-0.2, 0) is 22.1 Å². The summed E-state index contributed by atoms with van der Waals surface area (Å²) in [6.45, 7) is 3.06. The molecule has 0 spiro atoms. The van der Waals surface area contributed by atoms with Crippen LogP contribution in [0.15, 0.2) is 24.3 Å². The molecule has 2 aliphatic rings. The van der Waals surface area contributed by atoms with Crippen LogP contribution in [0.2, 0.25) is 0 Å². The van der Waals surface area contributed by atoms with Gasteiger partial charge in [-0.3, -0.25) is 9.69 Å². The van der Waals surface area contributed by atoms with Crippen LogP contribution in [-0.4, -0.2) is 49.2 Å². The second-order valence-electron chi connectivity index (χ2n) is 6.75. The Labute approximate surface area is 145 Å². The maximum Gasteiger partial charge on any atom is 0.416 e. The summed E-state index contributed by atoms with van der Waals surface area (Å²) in [5.41, 5.74) is -0.367. The van der Waals surface area contributed by atoms with Gasteiger partial charge in [0.2, 0.25) is 5.91 Å². The van der Waals surface area contributed by atoms with Crippen LogP contribution < -0.4 is 5.32 Å². The molecular formula is C18H23F3N2O2. The molecule has 1 aromatic carbocycles. The number of rotatable bonds is 4. The molecule has 0 aromatic heterocycles. The van der Waals surface area contributed by atoms with E-state index in [0.717, 1.165) is 38.1 Å². The minimum absolute atomic E-state index is 0.0624. The smallest absolute Gasteiger partial charge is 0.378 e. The van der Waals surface area contributed by atoms with Gasteiger partial charge in [-0.15, -0.1) is 0 Å². The second-order valence-corrected chi connectivity index (χ2v) is 6.75. The van der Waals surface area contributed by atoms with Crippen molar-refractivity contribution in [1.29, 1.82) is 0 Å². The van der Waals surface area contributed by atoms with Crippen molar-refractivity contribution < 1.29 is 22.7 Å². The van der Waals surface area contributed by atoms with Crippen LogP contribution in [0.3, 0.4) is 0 Å². The third kappa shape index (κ3) is 4.73. The fourth-order valence-corrected chi connectivity index (χ4v) is 3.59. The van der Waals surface area contributed by atoms with Gasteiger partial charge in [0.1, 0.15) is 0 Å². The number of hydrogen-bond acceptors (Lipinski definition) is 3. The zero-order valence-electron chi connectivity index (χ0n) is 14.0. The second kappa shape index (κ2) is 7.74. The lowest BCUT2D eigenvalue weighted by molar-refractivity contribution is -0.137. The summed E-state index contributed by atoms with van der Waals surface area (Å²) in [5, 5.41) is 2.95. The summed E-state index contributed by atoms with van der Waals surface area (Å²) < 4.78 is 43.8. The average molecular weight is 356 g/mol. The van der Waals surface area contributed by atoms with E-state index in [4.69, 9.17) is 4.74 Å². The fourth-order valence-electron chi connectivity index (χ4n) is 3.59. The SMILES string of the molecule is O=C(Cc1cccc(C(F)(F)F)c1)N[C@@H]1COC[C@H]1N1CCCCC1. The summed E-state index contributed by atoms with van der Waals surface area (Å²) in [6.07, 6.45) is -0.919. The largest absolute Gasteiger partial charge is 0.416 e. The summed E-state index contributed by atoms with van der Waals surface area (Å²) >= 11 is 0. The molecule has 1 aromatic rings. The van der Waals surface area contributed by atoms with E-state index >= 15 is 0 Å². The summed E-state index contributed by atoms with van der Waals surface area (Å²) in [5.74, 6) is -0.267. The van der Waals surface area contributed by atoms with Crippen molar-refractivity contribution in [3.63, 3.8) is 0 Å². The number of ether oxygens (including phenoxy) is 1. The molecule has 7 heteroatoms. The number of halogens is 3. The van der Waals surface area contributed by atoms with Crippen molar-refractivity contribution in [3.8, 4) is 0 Å². The minimum atomic E-state index is -4.40. The van der Waals surface area contributed by atoms with Crippen LogP contribution in [0, 0.1) is 0 Å². The molecule has 1 amide bonds. The molecule has 138 valence electrons. The van der Waals surface area contributed by atoms with E-state index < -0.39 is 11.7 Å². The van der Waals surface area contributed by atoms with Gasteiger partial charge in [0, 0.05) is 0 Å². The van der Waals surface area contributed by atoms with Gasteiger partial charge in [-0.1, -0.05) is 24.6 Å². The first kappa shape index (κ1) is 18.2. The number of carbonyl (C=O) groups is 1. The molecule has 1 N–H and O–H groups in total. The van der Waals surface area contributed by atoms with Gasteiger partial charge in [0.15, 0.2) is 0 Å². The van der Waals surface area contributed by atoms with Crippen molar-refractivity contribution in [1.82, 2.24) is 10.2 Å². The van der Waals surface area contributed by atoms with E-state index in [0.29, 0.717) is 18.8 Å². The fraction of sp³-hybridized carbons (Fsp3) is 0.611. The highest BCUT2D eigenvalue weighted by Crippen LogP contribution is 2.29. The standard InChI is InChI=1S/C18H23F3N2O2/c19-18(20,21)14-6-4-5-13(9-14)10-17(24)22-15-11-25-12-16(15)23-7-2-1-3-8-23/h4-6,9,15-16H,1-3,7-8,10-12H2,(H,22,24)/t15-,16-/m1/s1. The van der Waals surface area contributed by atoms with Crippen molar-refractivity contribution in [2.75, 3.05) is 26.3 Å². The monoisotopic (exact) mass is 356 g/mol. The Balaban J connectivity index is 1.58. The average Bonchev–Trinajstić information content (AvgIpc) is 3.03. The molecule has 4 nitrogen and oxygen atoms in total. The normalized spacial score (nSPS) is 25.1. The lowest BCUT2D eigenvalue weighted by Gasteiger charge is -2.34. The van der Waals surface area contributed by atoms with E-state index in [9.17, 15) is 18.0 Å². The molecular weight excluding hydrogens is 333 g/mol.